The van der Waals surface area contributed by atoms with Gasteiger partial charge in [-0.05, 0) is 41.9 Å². The summed E-state index contributed by atoms with van der Waals surface area (Å²) in [5.74, 6) is -0.904. The number of hydrogen-bond donors (Lipinski definition) is 1. The topological polar surface area (TPSA) is 46.3 Å². The van der Waals surface area contributed by atoms with Gasteiger partial charge in [0.15, 0.2) is 0 Å². The third kappa shape index (κ3) is 4.24. The number of halogens is 2. The summed E-state index contributed by atoms with van der Waals surface area (Å²) in [5, 5.41) is 0. The summed E-state index contributed by atoms with van der Waals surface area (Å²) in [6.07, 6.45) is 0.425. The number of hydrogen-bond acceptors (Lipinski definition) is 2. The highest BCUT2D eigenvalue weighted by Gasteiger charge is 2.22. The van der Waals surface area contributed by atoms with Gasteiger partial charge >= 0.3 is 0 Å². The summed E-state index contributed by atoms with van der Waals surface area (Å²) in [7, 11) is 0. The lowest BCUT2D eigenvalue weighted by molar-refractivity contribution is 0.0706. The van der Waals surface area contributed by atoms with Crippen LogP contribution < -0.4 is 5.73 Å². The quantitative estimate of drug-likeness (QED) is 0.833. The van der Waals surface area contributed by atoms with Crippen molar-refractivity contribution in [1.29, 1.82) is 0 Å². The predicted octanol–water partition coefficient (Wildman–Crippen LogP) is 3.12. The van der Waals surface area contributed by atoms with E-state index in [1.807, 2.05) is 13.8 Å². The Morgan fingerprint density at radius 1 is 1.53 bits per heavy atom. The van der Waals surface area contributed by atoms with Crippen LogP contribution in [0.15, 0.2) is 22.7 Å². The first kappa shape index (κ1) is 16.0. The summed E-state index contributed by atoms with van der Waals surface area (Å²) >= 11 is 7.88. The number of rotatable bonds is 5. The Labute approximate surface area is 126 Å². The van der Waals surface area contributed by atoms with E-state index in [-0.39, 0.29) is 22.0 Å². The molecule has 104 valence electrons. The summed E-state index contributed by atoms with van der Waals surface area (Å²) in [5.41, 5.74) is 5.49. The summed E-state index contributed by atoms with van der Waals surface area (Å²) in [6.45, 7) is 4.12. The number of carbonyl (C=O) groups is 1. The van der Waals surface area contributed by atoms with Crippen LogP contribution in [0.25, 0.3) is 0 Å². The molecule has 1 aromatic rings. The van der Waals surface area contributed by atoms with Crippen molar-refractivity contribution in [2.45, 2.75) is 26.3 Å². The molecule has 2 N–H and O–H groups in total. The second-order valence-electron chi connectivity index (χ2n) is 4.41. The van der Waals surface area contributed by atoms with Crippen LogP contribution in [0, 0.1) is 5.82 Å². The van der Waals surface area contributed by atoms with Gasteiger partial charge in [0.1, 0.15) is 5.82 Å². The highest BCUT2D eigenvalue weighted by atomic mass is 79.9. The molecule has 0 aliphatic heterocycles. The van der Waals surface area contributed by atoms with E-state index in [2.05, 4.69) is 15.9 Å². The van der Waals surface area contributed by atoms with Crippen molar-refractivity contribution in [2.75, 3.05) is 6.54 Å². The Morgan fingerprint density at radius 2 is 2.16 bits per heavy atom. The average Bonchev–Trinajstić information content (AvgIpc) is 2.31. The van der Waals surface area contributed by atoms with Crippen LogP contribution in [0.3, 0.4) is 0 Å². The van der Waals surface area contributed by atoms with Gasteiger partial charge in [0.2, 0.25) is 0 Å². The van der Waals surface area contributed by atoms with Gasteiger partial charge < -0.3 is 10.6 Å². The van der Waals surface area contributed by atoms with Crippen molar-refractivity contribution in [2.24, 2.45) is 5.73 Å². The van der Waals surface area contributed by atoms with Crippen LogP contribution in [-0.2, 0) is 0 Å². The number of nitrogens with two attached hydrogens (primary N) is 1. The Balaban J connectivity index is 2.99. The van der Waals surface area contributed by atoms with E-state index in [1.54, 1.807) is 17.0 Å². The predicted molar refractivity (Wildman–Crippen MR) is 81.7 cm³/mol. The molecule has 0 aliphatic rings. The molecule has 0 spiro atoms. The van der Waals surface area contributed by atoms with E-state index < -0.39 is 5.82 Å². The molecule has 3 nitrogen and oxygen atoms in total. The van der Waals surface area contributed by atoms with E-state index in [0.717, 1.165) is 0 Å². The minimum Gasteiger partial charge on any atom is -0.393 e. The SMILES string of the molecule is CC(C)N(CCC(N)=S)C(=O)c1cccc(Br)c1F. The molecule has 0 radical (unpaired) electrons. The highest BCUT2D eigenvalue weighted by molar-refractivity contribution is 9.10. The van der Waals surface area contributed by atoms with Crippen molar-refractivity contribution in [3.63, 3.8) is 0 Å². The Bertz CT molecular complexity index is 494. The normalized spacial score (nSPS) is 10.6. The maximum atomic E-state index is 13.9. The van der Waals surface area contributed by atoms with Crippen molar-refractivity contribution in [3.05, 3.63) is 34.1 Å². The van der Waals surface area contributed by atoms with Gasteiger partial charge in [-0.2, -0.15) is 0 Å². The Morgan fingerprint density at radius 3 is 2.68 bits per heavy atom. The number of amides is 1. The third-order valence-electron chi connectivity index (χ3n) is 2.67. The minimum absolute atomic E-state index is 0.0472. The highest BCUT2D eigenvalue weighted by Crippen LogP contribution is 2.20. The van der Waals surface area contributed by atoms with Crippen LogP contribution in [0.4, 0.5) is 4.39 Å². The zero-order valence-corrected chi connectivity index (χ0v) is 13.2. The molecule has 0 bridgehead atoms. The Hall–Kier alpha value is -1.01. The third-order valence-corrected chi connectivity index (χ3v) is 3.48. The van der Waals surface area contributed by atoms with E-state index in [9.17, 15) is 9.18 Å². The van der Waals surface area contributed by atoms with Gasteiger partial charge in [-0.3, -0.25) is 4.79 Å². The van der Waals surface area contributed by atoms with Crippen LogP contribution >= 0.6 is 28.1 Å². The molecule has 1 rings (SSSR count). The number of carbonyl (C=O) groups excluding carboxylic acids is 1. The van der Waals surface area contributed by atoms with Crippen molar-refractivity contribution in [1.82, 2.24) is 4.90 Å². The molecule has 1 amide bonds. The lowest BCUT2D eigenvalue weighted by atomic mass is 10.1. The van der Waals surface area contributed by atoms with Crippen molar-refractivity contribution >= 4 is 39.0 Å². The van der Waals surface area contributed by atoms with Gasteiger partial charge in [-0.25, -0.2) is 4.39 Å². The molecule has 0 fully saturated rings. The molecule has 0 heterocycles. The van der Waals surface area contributed by atoms with Crippen LogP contribution in [0.1, 0.15) is 30.6 Å². The van der Waals surface area contributed by atoms with Crippen LogP contribution in [0.2, 0.25) is 0 Å². The first-order valence-electron chi connectivity index (χ1n) is 5.88. The molecule has 0 atom stereocenters. The largest absolute Gasteiger partial charge is 0.393 e. The van der Waals surface area contributed by atoms with Gasteiger partial charge in [-0.1, -0.05) is 18.3 Å². The molecule has 0 unspecified atom stereocenters. The molecule has 6 heteroatoms. The van der Waals surface area contributed by atoms with E-state index in [0.29, 0.717) is 18.0 Å². The van der Waals surface area contributed by atoms with Crippen molar-refractivity contribution < 1.29 is 9.18 Å². The fourth-order valence-corrected chi connectivity index (χ4v) is 2.11. The van der Waals surface area contributed by atoms with Gasteiger partial charge in [0, 0.05) is 19.0 Å². The molecular formula is C13H16BrFN2OS. The van der Waals surface area contributed by atoms with Crippen LogP contribution in [-0.4, -0.2) is 28.4 Å². The second kappa shape index (κ2) is 6.96. The average molecular weight is 347 g/mol. The lowest BCUT2D eigenvalue weighted by Crippen LogP contribution is -2.39. The maximum absolute atomic E-state index is 13.9. The number of thiocarbonyl (C=S) groups is 1. The molecule has 0 saturated heterocycles. The zero-order chi connectivity index (χ0) is 14.6. The van der Waals surface area contributed by atoms with Crippen LogP contribution in [0.5, 0.6) is 0 Å². The summed E-state index contributed by atoms with van der Waals surface area (Å²) < 4.78 is 14.2. The van der Waals surface area contributed by atoms with E-state index in [4.69, 9.17) is 18.0 Å². The smallest absolute Gasteiger partial charge is 0.257 e. The lowest BCUT2D eigenvalue weighted by Gasteiger charge is -2.27. The first-order valence-corrected chi connectivity index (χ1v) is 7.08. The molecule has 1 aromatic carbocycles. The Kier molecular flexibility index (Phi) is 5.87. The van der Waals surface area contributed by atoms with E-state index in [1.165, 1.54) is 6.07 Å². The number of benzene rings is 1. The minimum atomic E-state index is -0.548. The monoisotopic (exact) mass is 346 g/mol. The first-order chi connectivity index (χ1) is 8.84. The van der Waals surface area contributed by atoms with E-state index >= 15 is 0 Å². The molecule has 19 heavy (non-hydrogen) atoms. The zero-order valence-electron chi connectivity index (χ0n) is 10.8. The van der Waals surface area contributed by atoms with Crippen molar-refractivity contribution in [3.8, 4) is 0 Å². The molecule has 0 aromatic heterocycles. The molecule has 0 aliphatic carbocycles. The standard InChI is InChI=1S/C13H16BrFN2OS/c1-8(2)17(7-6-11(16)19)13(18)9-4-3-5-10(14)12(9)15/h3-5,8H,6-7H2,1-2H3,(H2,16,19). The van der Waals surface area contributed by atoms with Gasteiger partial charge in [0.05, 0.1) is 15.0 Å². The molecule has 0 saturated carbocycles. The molecular weight excluding hydrogens is 331 g/mol. The van der Waals surface area contributed by atoms with Gasteiger partial charge in [-0.15, -0.1) is 0 Å². The summed E-state index contributed by atoms with van der Waals surface area (Å²) in [4.78, 5) is 14.3. The number of nitrogens with zero attached hydrogens (tertiary/aromatic N) is 1. The fraction of sp³-hybridized carbons (Fsp3) is 0.385. The summed E-state index contributed by atoms with van der Waals surface area (Å²) in [6, 6.07) is 4.60. The second-order valence-corrected chi connectivity index (χ2v) is 5.79. The maximum Gasteiger partial charge on any atom is 0.257 e. The fourth-order valence-electron chi connectivity index (χ4n) is 1.65. The van der Waals surface area contributed by atoms with Gasteiger partial charge in [0.25, 0.3) is 5.91 Å².